The minimum absolute atomic E-state index is 0.0327. The predicted octanol–water partition coefficient (Wildman–Crippen LogP) is 3.56. The summed E-state index contributed by atoms with van der Waals surface area (Å²) in [6.07, 6.45) is 0. The summed E-state index contributed by atoms with van der Waals surface area (Å²) in [5, 5.41) is 3.12. The van der Waals surface area contributed by atoms with Gasteiger partial charge >= 0.3 is 6.03 Å². The van der Waals surface area contributed by atoms with Crippen molar-refractivity contribution in [3.8, 4) is 0 Å². The van der Waals surface area contributed by atoms with E-state index in [0.29, 0.717) is 6.54 Å². The number of rotatable bonds is 7. The molecule has 28 heavy (non-hydrogen) atoms. The van der Waals surface area contributed by atoms with Crippen molar-refractivity contribution in [1.82, 2.24) is 15.1 Å². The number of benzene rings is 2. The molecule has 1 N–H and O–H groups in total. The Balaban J connectivity index is 1.51. The summed E-state index contributed by atoms with van der Waals surface area (Å²) in [5.74, 6) is 0. The summed E-state index contributed by atoms with van der Waals surface area (Å²) in [4.78, 5) is 19.3. The van der Waals surface area contributed by atoms with Crippen LogP contribution in [-0.4, -0.2) is 55.1 Å². The van der Waals surface area contributed by atoms with E-state index in [2.05, 4.69) is 71.4 Å². The van der Waals surface area contributed by atoms with Gasteiger partial charge in [-0.05, 0) is 36.3 Å². The van der Waals surface area contributed by atoms with E-state index < -0.39 is 0 Å². The number of amides is 2. The largest absolute Gasteiger partial charge is 0.368 e. The van der Waals surface area contributed by atoms with Gasteiger partial charge in [-0.25, -0.2) is 4.79 Å². The molecule has 2 amide bonds. The molecule has 2 aromatic carbocycles. The van der Waals surface area contributed by atoms with Crippen molar-refractivity contribution >= 4 is 11.7 Å². The maximum absolute atomic E-state index is 12.6. The van der Waals surface area contributed by atoms with E-state index in [1.807, 2.05) is 17.0 Å². The van der Waals surface area contributed by atoms with Crippen molar-refractivity contribution < 1.29 is 4.79 Å². The van der Waals surface area contributed by atoms with Gasteiger partial charge in [0.2, 0.25) is 0 Å². The number of hydrogen-bond donors (Lipinski definition) is 1. The van der Waals surface area contributed by atoms with E-state index in [9.17, 15) is 4.79 Å². The summed E-state index contributed by atoms with van der Waals surface area (Å²) in [6, 6.07) is 18.8. The molecule has 3 rings (SSSR count). The van der Waals surface area contributed by atoms with E-state index in [0.717, 1.165) is 45.8 Å². The fraction of sp³-hybridized carbons (Fsp3) is 0.435. The van der Waals surface area contributed by atoms with Crippen molar-refractivity contribution in [3.05, 3.63) is 65.7 Å². The minimum Gasteiger partial charge on any atom is -0.368 e. The first-order valence-corrected chi connectivity index (χ1v) is 10.3. The van der Waals surface area contributed by atoms with E-state index in [-0.39, 0.29) is 6.03 Å². The van der Waals surface area contributed by atoms with E-state index in [1.54, 1.807) is 0 Å². The van der Waals surface area contributed by atoms with Crippen LogP contribution in [-0.2, 0) is 13.1 Å². The molecule has 0 spiro atoms. The molecule has 0 radical (unpaired) electrons. The third kappa shape index (κ3) is 5.26. The molecule has 0 bridgehead atoms. The lowest BCUT2D eigenvalue weighted by Gasteiger charge is -2.36. The molecule has 0 unspecified atom stereocenters. The topological polar surface area (TPSA) is 38.8 Å². The third-order valence-electron chi connectivity index (χ3n) is 5.53. The van der Waals surface area contributed by atoms with Gasteiger partial charge in [-0.15, -0.1) is 0 Å². The van der Waals surface area contributed by atoms with Gasteiger partial charge in [0.25, 0.3) is 0 Å². The lowest BCUT2D eigenvalue weighted by Crippen LogP contribution is -2.51. The summed E-state index contributed by atoms with van der Waals surface area (Å²) >= 11 is 0. The van der Waals surface area contributed by atoms with Crippen molar-refractivity contribution in [3.63, 3.8) is 0 Å². The second-order valence-corrected chi connectivity index (χ2v) is 7.20. The summed E-state index contributed by atoms with van der Waals surface area (Å²) in [7, 11) is 0. The SMILES string of the molecule is CCN(CC)Cc1ccccc1CNC(=O)N1CCN(c2ccccc2)CC1. The predicted molar refractivity (Wildman–Crippen MR) is 116 cm³/mol. The molecule has 1 fully saturated rings. The average Bonchev–Trinajstić information content (AvgIpc) is 2.77. The molecule has 150 valence electrons. The molecule has 5 heteroatoms. The molecular formula is C23H32N4O. The Morgan fingerprint density at radius 2 is 1.50 bits per heavy atom. The summed E-state index contributed by atoms with van der Waals surface area (Å²) < 4.78 is 0. The van der Waals surface area contributed by atoms with Gasteiger partial charge in [0.1, 0.15) is 0 Å². The number of urea groups is 1. The molecule has 5 nitrogen and oxygen atoms in total. The molecule has 2 aromatic rings. The smallest absolute Gasteiger partial charge is 0.317 e. The van der Waals surface area contributed by atoms with Gasteiger partial charge in [-0.2, -0.15) is 0 Å². The monoisotopic (exact) mass is 380 g/mol. The number of nitrogens with zero attached hydrogens (tertiary/aromatic N) is 3. The van der Waals surface area contributed by atoms with E-state index in [4.69, 9.17) is 0 Å². The summed E-state index contributed by atoms with van der Waals surface area (Å²) in [6.45, 7) is 11.2. The van der Waals surface area contributed by atoms with Crippen LogP contribution < -0.4 is 10.2 Å². The van der Waals surface area contributed by atoms with Crippen molar-refractivity contribution in [2.24, 2.45) is 0 Å². The fourth-order valence-electron chi connectivity index (χ4n) is 3.66. The molecule has 0 aromatic heterocycles. The van der Waals surface area contributed by atoms with Gasteiger partial charge in [-0.1, -0.05) is 56.3 Å². The van der Waals surface area contributed by atoms with Crippen LogP contribution in [0.4, 0.5) is 10.5 Å². The van der Waals surface area contributed by atoms with Crippen LogP contribution in [0.15, 0.2) is 54.6 Å². The van der Waals surface area contributed by atoms with Gasteiger partial charge in [0.05, 0.1) is 0 Å². The highest BCUT2D eigenvalue weighted by atomic mass is 16.2. The Labute approximate surface area is 168 Å². The number of carbonyl (C=O) groups is 1. The van der Waals surface area contributed by atoms with Gasteiger partial charge in [0.15, 0.2) is 0 Å². The van der Waals surface area contributed by atoms with Crippen LogP contribution in [0.1, 0.15) is 25.0 Å². The van der Waals surface area contributed by atoms with Crippen molar-refractivity contribution in [2.75, 3.05) is 44.2 Å². The maximum Gasteiger partial charge on any atom is 0.317 e. The number of anilines is 1. The Morgan fingerprint density at radius 3 is 2.14 bits per heavy atom. The Bertz CT molecular complexity index is 737. The average molecular weight is 381 g/mol. The van der Waals surface area contributed by atoms with Gasteiger partial charge < -0.3 is 15.1 Å². The Kier molecular flexibility index (Phi) is 7.31. The highest BCUT2D eigenvalue weighted by Crippen LogP contribution is 2.16. The third-order valence-corrected chi connectivity index (χ3v) is 5.53. The quantitative estimate of drug-likeness (QED) is 0.798. The molecule has 1 saturated heterocycles. The lowest BCUT2D eigenvalue weighted by atomic mass is 10.1. The van der Waals surface area contributed by atoms with Crippen molar-refractivity contribution in [1.29, 1.82) is 0 Å². The zero-order valence-electron chi connectivity index (χ0n) is 17.1. The number of piperazine rings is 1. The number of hydrogen-bond acceptors (Lipinski definition) is 3. The van der Waals surface area contributed by atoms with Gasteiger partial charge in [-0.3, -0.25) is 4.90 Å². The first kappa shape index (κ1) is 20.2. The molecule has 0 aliphatic carbocycles. The zero-order chi connectivity index (χ0) is 19.8. The number of carbonyl (C=O) groups excluding carboxylic acids is 1. The molecule has 0 atom stereocenters. The minimum atomic E-state index is 0.0327. The molecule has 1 aliphatic heterocycles. The van der Waals surface area contributed by atoms with Crippen LogP contribution in [0.2, 0.25) is 0 Å². The first-order valence-electron chi connectivity index (χ1n) is 10.3. The van der Waals surface area contributed by atoms with E-state index in [1.165, 1.54) is 16.8 Å². The van der Waals surface area contributed by atoms with Crippen LogP contribution in [0.5, 0.6) is 0 Å². The highest BCUT2D eigenvalue weighted by Gasteiger charge is 2.21. The van der Waals surface area contributed by atoms with Crippen LogP contribution in [0, 0.1) is 0 Å². The second-order valence-electron chi connectivity index (χ2n) is 7.20. The van der Waals surface area contributed by atoms with E-state index >= 15 is 0 Å². The highest BCUT2D eigenvalue weighted by molar-refractivity contribution is 5.74. The number of para-hydroxylation sites is 1. The second kappa shape index (κ2) is 10.1. The zero-order valence-corrected chi connectivity index (χ0v) is 17.1. The van der Waals surface area contributed by atoms with Crippen LogP contribution in [0.3, 0.4) is 0 Å². The number of nitrogens with one attached hydrogen (secondary N) is 1. The molecule has 1 heterocycles. The maximum atomic E-state index is 12.6. The van der Waals surface area contributed by atoms with Crippen LogP contribution >= 0.6 is 0 Å². The first-order chi connectivity index (χ1) is 13.7. The Hall–Kier alpha value is -2.53. The van der Waals surface area contributed by atoms with Crippen molar-refractivity contribution in [2.45, 2.75) is 26.9 Å². The molecular weight excluding hydrogens is 348 g/mol. The molecule has 1 aliphatic rings. The lowest BCUT2D eigenvalue weighted by molar-refractivity contribution is 0.194. The summed E-state index contributed by atoms with van der Waals surface area (Å²) in [5.41, 5.74) is 3.72. The normalized spacial score (nSPS) is 14.4. The molecule has 0 saturated carbocycles. The van der Waals surface area contributed by atoms with Gasteiger partial charge in [0, 0.05) is 45.0 Å². The standard InChI is InChI=1S/C23H32N4O/c1-3-25(4-2)19-21-11-9-8-10-20(21)18-24-23(28)27-16-14-26(15-17-27)22-12-6-5-7-13-22/h5-13H,3-4,14-19H2,1-2H3,(H,24,28). The Morgan fingerprint density at radius 1 is 0.893 bits per heavy atom. The van der Waals surface area contributed by atoms with Crippen LogP contribution in [0.25, 0.3) is 0 Å². The fourth-order valence-corrected chi connectivity index (χ4v) is 3.66.